The van der Waals surface area contributed by atoms with Crippen molar-refractivity contribution in [3.8, 4) is 5.69 Å². The molecule has 0 N–H and O–H groups in total. The average molecular weight is 425 g/mol. The van der Waals surface area contributed by atoms with Crippen LogP contribution in [-0.4, -0.2) is 57.1 Å². The van der Waals surface area contributed by atoms with Crippen LogP contribution in [0, 0.1) is 5.82 Å². The molecule has 3 aliphatic rings. The van der Waals surface area contributed by atoms with Crippen molar-refractivity contribution in [1.82, 2.24) is 19.6 Å². The summed E-state index contributed by atoms with van der Waals surface area (Å²) in [6.07, 6.45) is 8.43. The molecule has 2 aromatic rings. The third kappa shape index (κ3) is 3.75. The van der Waals surface area contributed by atoms with Crippen molar-refractivity contribution >= 4 is 11.8 Å². The zero-order valence-corrected chi connectivity index (χ0v) is 17.9. The summed E-state index contributed by atoms with van der Waals surface area (Å²) >= 11 is 0. The molecule has 2 amide bonds. The van der Waals surface area contributed by atoms with Crippen molar-refractivity contribution in [2.75, 3.05) is 19.6 Å². The van der Waals surface area contributed by atoms with Crippen LogP contribution in [0.2, 0.25) is 0 Å². The molecule has 0 spiro atoms. The number of hydrogen-bond acceptors (Lipinski definition) is 3. The van der Waals surface area contributed by atoms with Crippen LogP contribution in [0.4, 0.5) is 4.39 Å². The van der Waals surface area contributed by atoms with Gasteiger partial charge in [-0.25, -0.2) is 9.07 Å². The zero-order valence-electron chi connectivity index (χ0n) is 17.9. The van der Waals surface area contributed by atoms with Gasteiger partial charge in [0.1, 0.15) is 11.9 Å². The number of fused-ring (bicyclic) bond motifs is 1. The van der Waals surface area contributed by atoms with Crippen LogP contribution in [0.15, 0.2) is 24.3 Å². The molecule has 2 fully saturated rings. The molecule has 0 bridgehead atoms. The normalized spacial score (nSPS) is 21.3. The number of hydrogen-bond donors (Lipinski definition) is 0. The molecule has 6 nitrogen and oxygen atoms in total. The number of carbonyl (C=O) groups is 2. The van der Waals surface area contributed by atoms with Crippen LogP contribution >= 0.6 is 0 Å². The lowest BCUT2D eigenvalue weighted by atomic mass is 9.94. The highest BCUT2D eigenvalue weighted by Gasteiger charge is 2.38. The lowest BCUT2D eigenvalue weighted by molar-refractivity contribution is -0.136. The number of rotatable bonds is 3. The van der Waals surface area contributed by atoms with Gasteiger partial charge in [0.25, 0.3) is 5.91 Å². The molecule has 1 aliphatic carbocycles. The van der Waals surface area contributed by atoms with Gasteiger partial charge in [-0.3, -0.25) is 9.59 Å². The van der Waals surface area contributed by atoms with Crippen LogP contribution in [0.25, 0.3) is 5.69 Å². The molecule has 31 heavy (non-hydrogen) atoms. The van der Waals surface area contributed by atoms with Gasteiger partial charge in [-0.15, -0.1) is 0 Å². The van der Waals surface area contributed by atoms with Gasteiger partial charge >= 0.3 is 0 Å². The standard InChI is InChI=1S/C24H29FN4O2/c25-17-10-12-18(13-11-17)29-20-8-2-1-7-19(20)22(26-29)24(31)28-16-4-3-9-21(28)23(30)27-14-5-6-15-27/h10-13,21H,1-9,14-16H2. The fourth-order valence-corrected chi connectivity index (χ4v) is 5.28. The molecule has 3 heterocycles. The minimum atomic E-state index is -0.380. The first-order valence-corrected chi connectivity index (χ1v) is 11.6. The zero-order chi connectivity index (χ0) is 21.4. The van der Waals surface area contributed by atoms with Crippen molar-refractivity contribution in [2.24, 2.45) is 0 Å². The molecular formula is C24H29FN4O2. The predicted molar refractivity (Wildman–Crippen MR) is 115 cm³/mol. The minimum absolute atomic E-state index is 0.0948. The maximum atomic E-state index is 13.7. The second kappa shape index (κ2) is 8.44. The van der Waals surface area contributed by atoms with E-state index in [4.69, 9.17) is 5.10 Å². The number of carbonyl (C=O) groups excluding carboxylic acids is 2. The third-order valence-corrected chi connectivity index (χ3v) is 6.92. The Bertz CT molecular complexity index is 978. The summed E-state index contributed by atoms with van der Waals surface area (Å²) < 4.78 is 15.2. The van der Waals surface area contributed by atoms with Gasteiger partial charge in [0.2, 0.25) is 5.91 Å². The third-order valence-electron chi connectivity index (χ3n) is 6.92. The van der Waals surface area contributed by atoms with Gasteiger partial charge < -0.3 is 9.80 Å². The number of nitrogens with zero attached hydrogens (tertiary/aromatic N) is 4. The Morgan fingerprint density at radius 1 is 0.903 bits per heavy atom. The molecule has 0 saturated carbocycles. The fourth-order valence-electron chi connectivity index (χ4n) is 5.28. The largest absolute Gasteiger partial charge is 0.341 e. The van der Waals surface area contributed by atoms with Crippen LogP contribution < -0.4 is 0 Å². The van der Waals surface area contributed by atoms with Crippen molar-refractivity contribution in [3.63, 3.8) is 0 Å². The van der Waals surface area contributed by atoms with Crippen LogP contribution in [0.1, 0.15) is 66.7 Å². The first-order chi connectivity index (χ1) is 15.1. The van der Waals surface area contributed by atoms with E-state index in [9.17, 15) is 14.0 Å². The summed E-state index contributed by atoms with van der Waals surface area (Å²) in [6, 6.07) is 5.86. The van der Waals surface area contributed by atoms with Crippen LogP contribution in [0.5, 0.6) is 0 Å². The molecule has 164 valence electrons. The van der Waals surface area contributed by atoms with Crippen molar-refractivity contribution < 1.29 is 14.0 Å². The van der Waals surface area contributed by atoms with Crippen molar-refractivity contribution in [2.45, 2.75) is 63.8 Å². The molecule has 1 aromatic carbocycles. The number of benzene rings is 1. The van der Waals surface area contributed by atoms with Gasteiger partial charge in [-0.2, -0.15) is 5.10 Å². The van der Waals surface area contributed by atoms with E-state index in [2.05, 4.69) is 0 Å². The van der Waals surface area contributed by atoms with Gasteiger partial charge in [0.15, 0.2) is 5.69 Å². The van der Waals surface area contributed by atoms with E-state index in [1.165, 1.54) is 12.1 Å². The predicted octanol–water partition coefficient (Wildman–Crippen LogP) is 3.51. The summed E-state index contributed by atoms with van der Waals surface area (Å²) in [5, 5.41) is 4.74. The van der Waals surface area contributed by atoms with E-state index < -0.39 is 0 Å². The molecule has 1 atom stereocenters. The molecule has 7 heteroatoms. The molecule has 2 aliphatic heterocycles. The molecule has 5 rings (SSSR count). The first-order valence-electron chi connectivity index (χ1n) is 11.6. The Labute approximate surface area is 182 Å². The van der Waals surface area contributed by atoms with Crippen molar-refractivity contribution in [3.05, 3.63) is 47.0 Å². The summed E-state index contributed by atoms with van der Waals surface area (Å²) in [5.74, 6) is -0.327. The fraction of sp³-hybridized carbons (Fsp3) is 0.542. The highest BCUT2D eigenvalue weighted by Crippen LogP contribution is 2.30. The Morgan fingerprint density at radius 2 is 1.61 bits per heavy atom. The molecule has 1 unspecified atom stereocenters. The van der Waals surface area contributed by atoms with E-state index in [0.29, 0.717) is 12.2 Å². The average Bonchev–Trinajstić information content (AvgIpc) is 3.47. The topological polar surface area (TPSA) is 58.4 Å². The van der Waals surface area contributed by atoms with Crippen LogP contribution in [-0.2, 0) is 17.6 Å². The van der Waals surface area contributed by atoms with E-state index in [-0.39, 0.29) is 23.7 Å². The summed E-state index contributed by atoms with van der Waals surface area (Å²) in [6.45, 7) is 2.19. The van der Waals surface area contributed by atoms with Crippen LogP contribution in [0.3, 0.4) is 0 Å². The highest BCUT2D eigenvalue weighted by atomic mass is 19.1. The maximum absolute atomic E-state index is 13.7. The minimum Gasteiger partial charge on any atom is -0.341 e. The van der Waals surface area contributed by atoms with Gasteiger partial charge in [-0.1, -0.05) is 0 Å². The summed E-state index contributed by atoms with van der Waals surface area (Å²) in [5.41, 5.74) is 3.28. The molecular weight excluding hydrogens is 395 g/mol. The van der Waals surface area contributed by atoms with E-state index in [1.807, 2.05) is 9.58 Å². The number of aromatic nitrogens is 2. The monoisotopic (exact) mass is 424 g/mol. The molecule has 0 radical (unpaired) electrons. The number of piperidine rings is 1. The van der Waals surface area contributed by atoms with E-state index in [1.54, 1.807) is 17.0 Å². The van der Waals surface area contributed by atoms with E-state index >= 15 is 0 Å². The second-order valence-electron chi connectivity index (χ2n) is 8.91. The first kappa shape index (κ1) is 20.2. The molecule has 2 saturated heterocycles. The maximum Gasteiger partial charge on any atom is 0.275 e. The number of amides is 2. The van der Waals surface area contributed by atoms with E-state index in [0.717, 1.165) is 87.8 Å². The quantitative estimate of drug-likeness (QED) is 0.758. The number of halogens is 1. The molecule has 1 aromatic heterocycles. The Hall–Kier alpha value is -2.70. The lowest BCUT2D eigenvalue weighted by Crippen LogP contribution is -2.52. The Balaban J connectivity index is 1.49. The summed E-state index contributed by atoms with van der Waals surface area (Å²) in [7, 11) is 0. The van der Waals surface area contributed by atoms with Gasteiger partial charge in [0, 0.05) is 30.9 Å². The smallest absolute Gasteiger partial charge is 0.275 e. The Morgan fingerprint density at radius 3 is 2.39 bits per heavy atom. The number of likely N-dealkylation sites (tertiary alicyclic amines) is 2. The SMILES string of the molecule is O=C(C1CCCCN1C(=O)c1nn(-c2ccc(F)cc2)c2c1CCCC2)N1CCCC1. The van der Waals surface area contributed by atoms with Gasteiger partial charge in [0.05, 0.1) is 5.69 Å². The van der Waals surface area contributed by atoms with Gasteiger partial charge in [-0.05, 0) is 82.1 Å². The Kier molecular flexibility index (Phi) is 5.50. The lowest BCUT2D eigenvalue weighted by Gasteiger charge is -2.36. The van der Waals surface area contributed by atoms with Crippen molar-refractivity contribution in [1.29, 1.82) is 0 Å². The summed E-state index contributed by atoms with van der Waals surface area (Å²) in [4.78, 5) is 30.6. The highest BCUT2D eigenvalue weighted by molar-refractivity contribution is 5.97. The second-order valence-corrected chi connectivity index (χ2v) is 8.91.